The van der Waals surface area contributed by atoms with Gasteiger partial charge >= 0.3 is 11.9 Å². The molecule has 0 aliphatic heterocycles. The van der Waals surface area contributed by atoms with Gasteiger partial charge in [-0.2, -0.15) is 0 Å². The van der Waals surface area contributed by atoms with Crippen molar-refractivity contribution in [2.75, 3.05) is 6.54 Å². The maximum absolute atomic E-state index is 13.1. The maximum Gasteiger partial charge on any atom is 0.326 e. The van der Waals surface area contributed by atoms with E-state index in [1.807, 2.05) is 20.8 Å². The average Bonchev–Trinajstić information content (AvgIpc) is 2.78. The molecule has 35 heavy (non-hydrogen) atoms. The molecule has 9 N–H and O–H groups in total. The summed E-state index contributed by atoms with van der Waals surface area (Å²) in [5, 5.41) is 25.8. The number of hydrogen-bond donors (Lipinski definition) is 7. The van der Waals surface area contributed by atoms with E-state index in [9.17, 15) is 29.1 Å². The van der Waals surface area contributed by atoms with Crippen LogP contribution in [0.15, 0.2) is 0 Å². The van der Waals surface area contributed by atoms with Gasteiger partial charge in [-0.3, -0.25) is 19.2 Å². The third-order valence-corrected chi connectivity index (χ3v) is 5.70. The number of nitrogens with one attached hydrogen (secondary N) is 3. The van der Waals surface area contributed by atoms with Gasteiger partial charge < -0.3 is 37.6 Å². The Morgan fingerprint density at radius 3 is 1.91 bits per heavy atom. The fourth-order valence-electron chi connectivity index (χ4n) is 3.36. The minimum atomic E-state index is -1.42. The third-order valence-electron chi connectivity index (χ3n) is 5.70. The minimum absolute atomic E-state index is 0.0443. The predicted molar refractivity (Wildman–Crippen MR) is 130 cm³/mol. The highest BCUT2D eigenvalue weighted by atomic mass is 16.4. The van der Waals surface area contributed by atoms with Crippen LogP contribution in [0.1, 0.15) is 72.6 Å². The van der Waals surface area contributed by atoms with Gasteiger partial charge in [-0.05, 0) is 44.1 Å². The fourth-order valence-corrected chi connectivity index (χ4v) is 3.36. The van der Waals surface area contributed by atoms with Crippen LogP contribution in [0.2, 0.25) is 0 Å². The van der Waals surface area contributed by atoms with Gasteiger partial charge in [0.2, 0.25) is 17.7 Å². The van der Waals surface area contributed by atoms with Gasteiger partial charge in [0.1, 0.15) is 18.1 Å². The second-order valence-corrected chi connectivity index (χ2v) is 9.29. The Hall–Kier alpha value is -2.73. The van der Waals surface area contributed by atoms with Crippen molar-refractivity contribution in [3.63, 3.8) is 0 Å². The number of hydrogen-bond acceptors (Lipinski definition) is 7. The van der Waals surface area contributed by atoms with Gasteiger partial charge in [0.05, 0.1) is 6.04 Å². The zero-order valence-electron chi connectivity index (χ0n) is 21.2. The van der Waals surface area contributed by atoms with Crippen LogP contribution in [0.25, 0.3) is 0 Å². The highest BCUT2D eigenvalue weighted by molar-refractivity contribution is 5.94. The molecule has 0 saturated heterocycles. The Balaban J connectivity index is 5.48. The number of carboxylic acid groups (broad SMARTS) is 2. The number of carboxylic acids is 2. The molecule has 0 aromatic rings. The van der Waals surface area contributed by atoms with Gasteiger partial charge in [-0.1, -0.05) is 40.5 Å². The molecule has 0 spiro atoms. The predicted octanol–water partition coefficient (Wildman–Crippen LogP) is -0.0613. The lowest BCUT2D eigenvalue weighted by Gasteiger charge is -2.28. The first-order valence-corrected chi connectivity index (χ1v) is 12.1. The molecular weight excluding hydrogens is 458 g/mol. The number of aliphatic carboxylic acids is 2. The van der Waals surface area contributed by atoms with Gasteiger partial charge in [0.15, 0.2) is 0 Å². The molecule has 12 heteroatoms. The molecule has 5 unspecified atom stereocenters. The molecule has 12 nitrogen and oxygen atoms in total. The van der Waals surface area contributed by atoms with Gasteiger partial charge in [-0.15, -0.1) is 0 Å². The lowest BCUT2D eigenvalue weighted by atomic mass is 9.96. The first-order valence-electron chi connectivity index (χ1n) is 12.1. The number of unbranched alkanes of at least 4 members (excludes halogenated alkanes) is 1. The monoisotopic (exact) mass is 501 g/mol. The molecule has 0 rings (SSSR count). The zero-order chi connectivity index (χ0) is 27.1. The minimum Gasteiger partial charge on any atom is -0.481 e. The van der Waals surface area contributed by atoms with E-state index >= 15 is 0 Å². The van der Waals surface area contributed by atoms with Crippen molar-refractivity contribution in [2.45, 2.75) is 96.8 Å². The van der Waals surface area contributed by atoms with Crippen LogP contribution >= 0.6 is 0 Å². The van der Waals surface area contributed by atoms with Crippen molar-refractivity contribution in [1.29, 1.82) is 0 Å². The van der Waals surface area contributed by atoms with Gasteiger partial charge in [0, 0.05) is 6.42 Å². The van der Waals surface area contributed by atoms with Crippen molar-refractivity contribution in [2.24, 2.45) is 23.3 Å². The van der Waals surface area contributed by atoms with Crippen molar-refractivity contribution in [1.82, 2.24) is 16.0 Å². The number of carbonyl (C=O) groups excluding carboxylic acids is 3. The first kappa shape index (κ1) is 32.3. The summed E-state index contributed by atoms with van der Waals surface area (Å²) in [6, 6.07) is -4.24. The Labute approximate surface area is 206 Å². The van der Waals surface area contributed by atoms with Crippen molar-refractivity contribution >= 4 is 29.7 Å². The normalized spacial score (nSPS) is 15.4. The second-order valence-electron chi connectivity index (χ2n) is 9.29. The summed E-state index contributed by atoms with van der Waals surface area (Å²) in [4.78, 5) is 60.9. The lowest BCUT2D eigenvalue weighted by molar-refractivity contribution is -0.143. The molecular formula is C23H43N5O7. The smallest absolute Gasteiger partial charge is 0.326 e. The Morgan fingerprint density at radius 1 is 0.829 bits per heavy atom. The quantitative estimate of drug-likeness (QED) is 0.125. The van der Waals surface area contributed by atoms with Crippen LogP contribution in [0, 0.1) is 11.8 Å². The third kappa shape index (κ3) is 13.1. The van der Waals surface area contributed by atoms with E-state index in [1.54, 1.807) is 6.92 Å². The van der Waals surface area contributed by atoms with E-state index < -0.39 is 60.2 Å². The topological polar surface area (TPSA) is 214 Å². The molecule has 202 valence electrons. The number of nitrogens with two attached hydrogens (primary N) is 2. The van der Waals surface area contributed by atoms with Crippen LogP contribution in [0.4, 0.5) is 0 Å². The van der Waals surface area contributed by atoms with E-state index in [1.165, 1.54) is 0 Å². The highest BCUT2D eigenvalue weighted by Gasteiger charge is 2.33. The molecule has 5 atom stereocenters. The largest absolute Gasteiger partial charge is 0.481 e. The lowest BCUT2D eigenvalue weighted by Crippen LogP contribution is -2.58. The van der Waals surface area contributed by atoms with Gasteiger partial charge in [0.25, 0.3) is 0 Å². The van der Waals surface area contributed by atoms with E-state index in [4.69, 9.17) is 16.6 Å². The Morgan fingerprint density at radius 2 is 1.43 bits per heavy atom. The average molecular weight is 502 g/mol. The SMILES string of the molecule is CCC(C)C(NC(=O)C(CC(C)C)NC(=O)C(N)CCCCN)C(=O)NC(CCC(=O)O)C(=O)O. The Kier molecular flexibility index (Phi) is 15.5. The van der Waals surface area contributed by atoms with Crippen molar-refractivity contribution in [3.8, 4) is 0 Å². The van der Waals surface area contributed by atoms with E-state index in [0.717, 1.165) is 6.42 Å². The first-order chi connectivity index (χ1) is 16.3. The standard InChI is InChI=1S/C23H43N5O7/c1-5-14(4)19(22(33)26-16(23(34)35)9-10-18(29)30)28-21(32)17(12-13(2)3)27-20(31)15(25)8-6-7-11-24/h13-17,19H,5-12,24-25H2,1-4H3,(H,26,33)(H,27,31)(H,28,32)(H,29,30)(H,34,35). The van der Waals surface area contributed by atoms with Crippen LogP contribution in [-0.4, -0.2) is 70.6 Å². The van der Waals surface area contributed by atoms with E-state index in [-0.39, 0.29) is 18.3 Å². The fraction of sp³-hybridized carbons (Fsp3) is 0.783. The summed E-state index contributed by atoms with van der Waals surface area (Å²) in [6.45, 7) is 7.79. The zero-order valence-corrected chi connectivity index (χ0v) is 21.2. The summed E-state index contributed by atoms with van der Waals surface area (Å²) in [6.07, 6.45) is 1.89. The molecule has 0 aromatic carbocycles. The van der Waals surface area contributed by atoms with Crippen LogP contribution in [0.5, 0.6) is 0 Å². The number of rotatable bonds is 18. The molecule has 0 bridgehead atoms. The molecule has 0 heterocycles. The maximum atomic E-state index is 13.1. The van der Waals surface area contributed by atoms with E-state index in [2.05, 4.69) is 16.0 Å². The summed E-state index contributed by atoms with van der Waals surface area (Å²) in [5.41, 5.74) is 11.4. The van der Waals surface area contributed by atoms with Gasteiger partial charge in [-0.25, -0.2) is 4.79 Å². The molecule has 0 aliphatic carbocycles. The summed E-state index contributed by atoms with van der Waals surface area (Å²) in [7, 11) is 0. The molecule has 0 saturated carbocycles. The van der Waals surface area contributed by atoms with Crippen LogP contribution in [-0.2, 0) is 24.0 Å². The molecule has 0 aliphatic rings. The van der Waals surface area contributed by atoms with Crippen molar-refractivity contribution < 1.29 is 34.2 Å². The molecule has 0 aromatic heterocycles. The van der Waals surface area contributed by atoms with Crippen molar-refractivity contribution in [3.05, 3.63) is 0 Å². The van der Waals surface area contributed by atoms with E-state index in [0.29, 0.717) is 32.2 Å². The summed E-state index contributed by atoms with van der Waals surface area (Å²) in [5.74, 6) is -4.68. The molecule has 0 fully saturated rings. The molecule has 0 radical (unpaired) electrons. The van der Waals surface area contributed by atoms with Crippen LogP contribution in [0.3, 0.4) is 0 Å². The summed E-state index contributed by atoms with van der Waals surface area (Å²) >= 11 is 0. The van der Waals surface area contributed by atoms with Crippen LogP contribution < -0.4 is 27.4 Å². The second kappa shape index (κ2) is 16.8. The highest BCUT2D eigenvalue weighted by Crippen LogP contribution is 2.12. The number of carbonyl (C=O) groups is 5. The Bertz CT molecular complexity index is 716. The summed E-state index contributed by atoms with van der Waals surface area (Å²) < 4.78 is 0. The molecule has 3 amide bonds. The number of amides is 3.